The zero-order valence-corrected chi connectivity index (χ0v) is 18.7. The molecule has 32 heavy (non-hydrogen) atoms. The van der Waals surface area contributed by atoms with Crippen molar-refractivity contribution >= 4 is 23.6 Å². The lowest BCUT2D eigenvalue weighted by Crippen LogP contribution is -2.61. The van der Waals surface area contributed by atoms with Crippen molar-refractivity contribution in [2.45, 2.75) is 58.0 Å². The van der Waals surface area contributed by atoms with Gasteiger partial charge in [-0.2, -0.15) is 0 Å². The summed E-state index contributed by atoms with van der Waals surface area (Å²) in [7, 11) is 0. The van der Waals surface area contributed by atoms with Gasteiger partial charge >= 0.3 is 6.09 Å². The molecular weight excluding hydrogens is 420 g/mol. The van der Waals surface area contributed by atoms with Crippen molar-refractivity contribution < 1.29 is 27.9 Å². The summed E-state index contributed by atoms with van der Waals surface area (Å²) in [6.07, 6.45) is 1.46. The average molecular weight is 449 g/mol. The maximum atomic E-state index is 14.8. The molecule has 1 unspecified atom stereocenters. The number of carbonyl (C=O) groups excluding carboxylic acids is 3. The summed E-state index contributed by atoms with van der Waals surface area (Å²) in [6.45, 7) is 8.02. The standard InChI is InChI=1S/C23H29F2N3O4/c1-22(2,3)32-21(31)27-8-6-23(7-9-27)12-28(13-23)14-10-16(24)19(17(25)11-14)15-4-5-18(29)26-20(15)30/h10-11,15H,4-9,12-13H2,1-3H3,(H,26,29,30). The first-order valence-corrected chi connectivity index (χ1v) is 11.0. The fraction of sp³-hybridized carbons (Fsp3) is 0.609. The molecule has 3 fully saturated rings. The molecule has 3 saturated heterocycles. The number of imide groups is 1. The van der Waals surface area contributed by atoms with Gasteiger partial charge in [0.05, 0.1) is 5.92 Å². The number of likely N-dealkylation sites (tertiary alicyclic amines) is 1. The van der Waals surface area contributed by atoms with Crippen molar-refractivity contribution in [3.8, 4) is 0 Å². The maximum Gasteiger partial charge on any atom is 0.410 e. The Balaban J connectivity index is 1.38. The van der Waals surface area contributed by atoms with Gasteiger partial charge in [-0.15, -0.1) is 0 Å². The lowest BCUT2D eigenvalue weighted by atomic mass is 9.71. The quantitative estimate of drug-likeness (QED) is 0.701. The summed E-state index contributed by atoms with van der Waals surface area (Å²) in [4.78, 5) is 39.3. The van der Waals surface area contributed by atoms with Crippen LogP contribution in [0.15, 0.2) is 12.1 Å². The van der Waals surface area contributed by atoms with Gasteiger partial charge in [0.15, 0.2) is 0 Å². The molecule has 0 aromatic heterocycles. The molecule has 1 atom stereocenters. The van der Waals surface area contributed by atoms with Crippen molar-refractivity contribution in [2.24, 2.45) is 5.41 Å². The van der Waals surface area contributed by atoms with Crippen LogP contribution in [0.2, 0.25) is 0 Å². The topological polar surface area (TPSA) is 79.0 Å². The maximum absolute atomic E-state index is 14.8. The molecular formula is C23H29F2N3O4. The second-order valence-electron chi connectivity index (χ2n) is 10.2. The van der Waals surface area contributed by atoms with E-state index in [0.717, 1.165) is 12.8 Å². The molecule has 1 aromatic rings. The Hall–Kier alpha value is -2.71. The van der Waals surface area contributed by atoms with Gasteiger partial charge in [0.25, 0.3) is 0 Å². The smallest absolute Gasteiger partial charge is 0.410 e. The van der Waals surface area contributed by atoms with E-state index in [1.54, 1.807) is 4.90 Å². The van der Waals surface area contributed by atoms with Crippen molar-refractivity contribution in [3.63, 3.8) is 0 Å². The van der Waals surface area contributed by atoms with E-state index in [1.807, 2.05) is 25.7 Å². The van der Waals surface area contributed by atoms with Crippen LogP contribution >= 0.6 is 0 Å². The molecule has 3 heterocycles. The molecule has 7 nitrogen and oxygen atoms in total. The van der Waals surface area contributed by atoms with Crippen molar-refractivity contribution in [2.75, 3.05) is 31.1 Å². The zero-order chi connectivity index (χ0) is 23.3. The zero-order valence-electron chi connectivity index (χ0n) is 18.7. The first-order chi connectivity index (χ1) is 15.0. The van der Waals surface area contributed by atoms with Gasteiger partial charge in [0, 0.05) is 49.3 Å². The molecule has 0 bridgehead atoms. The highest BCUT2D eigenvalue weighted by Gasteiger charge is 2.46. The lowest BCUT2D eigenvalue weighted by Gasteiger charge is -2.55. The van der Waals surface area contributed by atoms with Crippen LogP contribution < -0.4 is 10.2 Å². The van der Waals surface area contributed by atoms with E-state index in [2.05, 4.69) is 5.32 Å². The number of hydrogen-bond donors (Lipinski definition) is 1. The number of amides is 3. The number of piperidine rings is 2. The Morgan fingerprint density at radius 3 is 2.25 bits per heavy atom. The van der Waals surface area contributed by atoms with E-state index in [-0.39, 0.29) is 29.9 Å². The molecule has 3 aliphatic rings. The van der Waals surface area contributed by atoms with Crippen LogP contribution in [0.1, 0.15) is 57.9 Å². The van der Waals surface area contributed by atoms with Crippen LogP contribution in [0, 0.1) is 17.0 Å². The fourth-order valence-corrected chi connectivity index (χ4v) is 4.81. The van der Waals surface area contributed by atoms with E-state index in [4.69, 9.17) is 4.74 Å². The molecule has 3 aliphatic heterocycles. The number of benzene rings is 1. The van der Waals surface area contributed by atoms with Gasteiger partial charge < -0.3 is 14.5 Å². The number of ether oxygens (including phenoxy) is 1. The Morgan fingerprint density at radius 2 is 1.72 bits per heavy atom. The van der Waals surface area contributed by atoms with E-state index >= 15 is 0 Å². The summed E-state index contributed by atoms with van der Waals surface area (Å²) in [5.74, 6) is -3.62. The molecule has 9 heteroatoms. The minimum absolute atomic E-state index is 0.0216. The number of nitrogens with zero attached hydrogens (tertiary/aromatic N) is 2. The van der Waals surface area contributed by atoms with Gasteiger partial charge in [-0.05, 0) is 52.2 Å². The van der Waals surface area contributed by atoms with Gasteiger partial charge in [-0.1, -0.05) is 0 Å². The van der Waals surface area contributed by atoms with Crippen LogP contribution in [-0.4, -0.2) is 54.6 Å². The number of halogens is 2. The average Bonchev–Trinajstić information content (AvgIpc) is 2.66. The molecule has 1 aromatic carbocycles. The van der Waals surface area contributed by atoms with Crippen LogP contribution in [0.5, 0.6) is 0 Å². The molecule has 0 saturated carbocycles. The second kappa shape index (κ2) is 8.01. The summed E-state index contributed by atoms with van der Waals surface area (Å²) in [5, 5.41) is 2.15. The third kappa shape index (κ3) is 4.42. The molecule has 3 amide bonds. The number of carbonyl (C=O) groups is 3. The van der Waals surface area contributed by atoms with Crippen molar-refractivity contribution in [3.05, 3.63) is 29.3 Å². The highest BCUT2D eigenvalue weighted by molar-refractivity contribution is 6.01. The second-order valence-corrected chi connectivity index (χ2v) is 10.2. The Kier molecular flexibility index (Phi) is 5.63. The predicted molar refractivity (Wildman–Crippen MR) is 113 cm³/mol. The Bertz CT molecular complexity index is 920. The summed E-state index contributed by atoms with van der Waals surface area (Å²) < 4.78 is 35.0. The third-order valence-electron chi connectivity index (χ3n) is 6.54. The summed E-state index contributed by atoms with van der Waals surface area (Å²) in [5.41, 5.74) is -0.350. The van der Waals surface area contributed by atoms with Gasteiger partial charge in [0.2, 0.25) is 11.8 Å². The number of hydrogen-bond acceptors (Lipinski definition) is 5. The van der Waals surface area contributed by atoms with Crippen LogP contribution in [0.3, 0.4) is 0 Å². The third-order valence-corrected chi connectivity index (χ3v) is 6.54. The SMILES string of the molecule is CC(C)(C)OC(=O)N1CCC2(CC1)CN(c1cc(F)c(C3CCC(=O)NC3=O)c(F)c1)C2. The lowest BCUT2D eigenvalue weighted by molar-refractivity contribution is -0.134. The number of rotatable bonds is 2. The van der Waals surface area contributed by atoms with E-state index < -0.39 is 35.0 Å². The van der Waals surface area contributed by atoms with Crippen molar-refractivity contribution in [1.82, 2.24) is 10.2 Å². The first kappa shape index (κ1) is 22.5. The summed E-state index contributed by atoms with van der Waals surface area (Å²) >= 11 is 0. The molecule has 0 aliphatic carbocycles. The van der Waals surface area contributed by atoms with E-state index in [9.17, 15) is 23.2 Å². The Morgan fingerprint density at radius 1 is 1.12 bits per heavy atom. The molecule has 1 spiro atoms. The molecule has 174 valence electrons. The van der Waals surface area contributed by atoms with E-state index in [0.29, 0.717) is 31.9 Å². The van der Waals surface area contributed by atoms with E-state index in [1.165, 1.54) is 12.1 Å². The van der Waals surface area contributed by atoms with Gasteiger partial charge in [-0.25, -0.2) is 13.6 Å². The van der Waals surface area contributed by atoms with Crippen LogP contribution in [0.4, 0.5) is 19.3 Å². The number of anilines is 1. The van der Waals surface area contributed by atoms with Crippen LogP contribution in [0.25, 0.3) is 0 Å². The normalized spacial score (nSPS) is 23.1. The molecule has 4 rings (SSSR count). The first-order valence-electron chi connectivity index (χ1n) is 11.0. The largest absolute Gasteiger partial charge is 0.444 e. The fourth-order valence-electron chi connectivity index (χ4n) is 4.81. The highest BCUT2D eigenvalue weighted by Crippen LogP contribution is 2.44. The predicted octanol–water partition coefficient (Wildman–Crippen LogP) is 3.32. The summed E-state index contributed by atoms with van der Waals surface area (Å²) in [6, 6.07) is 2.54. The van der Waals surface area contributed by atoms with Gasteiger partial charge in [0.1, 0.15) is 17.2 Å². The highest BCUT2D eigenvalue weighted by atomic mass is 19.1. The van der Waals surface area contributed by atoms with Crippen molar-refractivity contribution in [1.29, 1.82) is 0 Å². The van der Waals surface area contributed by atoms with Crippen LogP contribution in [-0.2, 0) is 14.3 Å². The molecule has 1 N–H and O–H groups in total. The number of nitrogens with one attached hydrogen (secondary N) is 1. The van der Waals surface area contributed by atoms with Gasteiger partial charge in [-0.3, -0.25) is 14.9 Å². The Labute approximate surface area is 186 Å². The minimum Gasteiger partial charge on any atom is -0.444 e. The minimum atomic E-state index is -0.998. The molecule has 0 radical (unpaired) electrons. The monoisotopic (exact) mass is 449 g/mol.